The van der Waals surface area contributed by atoms with E-state index in [0.29, 0.717) is 11.6 Å². The number of fused-ring (bicyclic) bond motifs is 1. The van der Waals surface area contributed by atoms with Gasteiger partial charge in [0.05, 0.1) is 18.7 Å². The molecule has 1 aromatic carbocycles. The second kappa shape index (κ2) is 4.93. The first-order valence-corrected chi connectivity index (χ1v) is 5.86. The highest BCUT2D eigenvalue weighted by atomic mass is 35.5. The summed E-state index contributed by atoms with van der Waals surface area (Å²) in [5, 5.41) is 0.632. The van der Waals surface area contributed by atoms with E-state index in [1.807, 2.05) is 6.07 Å². The molecule has 1 aliphatic rings. The number of nitrogens with two attached hydrogens (primary N) is 1. The number of hydrogen-bond donors (Lipinski definition) is 1. The molecule has 0 amide bonds. The molecule has 0 saturated heterocycles. The SMILES string of the molecule is COc1cc(Cl)c2c(c1CCN)CCCO2. The second-order valence-corrected chi connectivity index (χ2v) is 4.24. The van der Waals surface area contributed by atoms with Crippen molar-refractivity contribution in [2.24, 2.45) is 5.73 Å². The Kier molecular flexibility index (Phi) is 3.56. The van der Waals surface area contributed by atoms with Crippen molar-refractivity contribution in [2.75, 3.05) is 20.3 Å². The lowest BCUT2D eigenvalue weighted by Crippen LogP contribution is -2.14. The molecule has 1 aromatic rings. The Morgan fingerprint density at radius 2 is 2.38 bits per heavy atom. The van der Waals surface area contributed by atoms with Crippen LogP contribution in [0.5, 0.6) is 11.5 Å². The van der Waals surface area contributed by atoms with Crippen LogP contribution in [0.1, 0.15) is 17.5 Å². The third kappa shape index (κ3) is 1.97. The van der Waals surface area contributed by atoms with Gasteiger partial charge in [-0.3, -0.25) is 0 Å². The van der Waals surface area contributed by atoms with Crippen molar-refractivity contribution < 1.29 is 9.47 Å². The van der Waals surface area contributed by atoms with Crippen LogP contribution < -0.4 is 15.2 Å². The van der Waals surface area contributed by atoms with Gasteiger partial charge in [0, 0.05) is 17.2 Å². The van der Waals surface area contributed by atoms with Crippen LogP contribution in [0, 0.1) is 0 Å². The van der Waals surface area contributed by atoms with Gasteiger partial charge >= 0.3 is 0 Å². The zero-order valence-corrected chi connectivity index (χ0v) is 10.1. The van der Waals surface area contributed by atoms with Gasteiger partial charge in [-0.15, -0.1) is 0 Å². The summed E-state index contributed by atoms with van der Waals surface area (Å²) in [6.07, 6.45) is 2.81. The molecule has 0 radical (unpaired) electrons. The minimum atomic E-state index is 0.602. The van der Waals surface area contributed by atoms with Crippen LogP contribution in [-0.2, 0) is 12.8 Å². The Morgan fingerprint density at radius 3 is 3.06 bits per heavy atom. The number of hydrogen-bond acceptors (Lipinski definition) is 3. The predicted octanol–water partition coefficient (Wildman–Crippen LogP) is 2.17. The quantitative estimate of drug-likeness (QED) is 0.882. The van der Waals surface area contributed by atoms with Gasteiger partial charge in [-0.25, -0.2) is 0 Å². The summed E-state index contributed by atoms with van der Waals surface area (Å²) in [6, 6.07) is 1.82. The first kappa shape index (κ1) is 11.6. The molecule has 1 heterocycles. The molecule has 0 spiro atoms. The Balaban J connectivity index is 2.54. The van der Waals surface area contributed by atoms with Crippen LogP contribution in [0.15, 0.2) is 6.07 Å². The van der Waals surface area contributed by atoms with E-state index in [1.54, 1.807) is 7.11 Å². The number of halogens is 1. The highest BCUT2D eigenvalue weighted by Crippen LogP contribution is 2.40. The van der Waals surface area contributed by atoms with Crippen molar-refractivity contribution in [3.63, 3.8) is 0 Å². The molecule has 3 nitrogen and oxygen atoms in total. The first-order chi connectivity index (χ1) is 7.77. The molecule has 0 aromatic heterocycles. The van der Waals surface area contributed by atoms with Crippen LogP contribution in [0.2, 0.25) is 5.02 Å². The van der Waals surface area contributed by atoms with E-state index >= 15 is 0 Å². The fourth-order valence-corrected chi connectivity index (χ4v) is 2.41. The average Bonchev–Trinajstić information content (AvgIpc) is 2.33. The lowest BCUT2D eigenvalue weighted by molar-refractivity contribution is 0.286. The molecule has 0 unspecified atom stereocenters. The molecule has 16 heavy (non-hydrogen) atoms. The van der Waals surface area contributed by atoms with E-state index in [2.05, 4.69) is 0 Å². The van der Waals surface area contributed by atoms with Crippen molar-refractivity contribution in [3.8, 4) is 11.5 Å². The van der Waals surface area contributed by atoms with Gasteiger partial charge in [0.25, 0.3) is 0 Å². The maximum absolute atomic E-state index is 6.16. The summed E-state index contributed by atoms with van der Waals surface area (Å²) in [5.41, 5.74) is 7.94. The normalized spacial score (nSPS) is 14.2. The van der Waals surface area contributed by atoms with Crippen molar-refractivity contribution in [3.05, 3.63) is 22.2 Å². The summed E-state index contributed by atoms with van der Waals surface area (Å²) in [6.45, 7) is 1.34. The summed E-state index contributed by atoms with van der Waals surface area (Å²) in [7, 11) is 1.65. The fourth-order valence-electron chi connectivity index (χ4n) is 2.14. The molecule has 4 heteroatoms. The average molecular weight is 242 g/mol. The number of ether oxygens (including phenoxy) is 2. The molecule has 88 valence electrons. The monoisotopic (exact) mass is 241 g/mol. The summed E-state index contributed by atoms with van der Waals surface area (Å²) in [4.78, 5) is 0. The standard InChI is InChI=1S/C12H16ClNO2/c1-15-11-7-10(13)12-9(3-2-6-16-12)8(11)4-5-14/h7H,2-6,14H2,1H3. The van der Waals surface area contributed by atoms with Crippen molar-refractivity contribution in [1.29, 1.82) is 0 Å². The van der Waals surface area contributed by atoms with Gasteiger partial charge in [-0.1, -0.05) is 11.6 Å². The van der Waals surface area contributed by atoms with Gasteiger partial charge in [0.2, 0.25) is 0 Å². The van der Waals surface area contributed by atoms with Gasteiger partial charge in [-0.2, -0.15) is 0 Å². The zero-order valence-electron chi connectivity index (χ0n) is 9.38. The van der Waals surface area contributed by atoms with E-state index in [1.165, 1.54) is 5.56 Å². The molecule has 1 aliphatic heterocycles. The fraction of sp³-hybridized carbons (Fsp3) is 0.500. The van der Waals surface area contributed by atoms with E-state index in [-0.39, 0.29) is 0 Å². The van der Waals surface area contributed by atoms with Crippen LogP contribution in [0.25, 0.3) is 0 Å². The minimum Gasteiger partial charge on any atom is -0.496 e. The third-order valence-corrected chi connectivity index (χ3v) is 3.12. The summed E-state index contributed by atoms with van der Waals surface area (Å²) in [5.74, 6) is 1.64. The predicted molar refractivity (Wildman–Crippen MR) is 64.6 cm³/mol. The molecule has 0 saturated carbocycles. The largest absolute Gasteiger partial charge is 0.496 e. The molecule has 2 rings (SSSR count). The van der Waals surface area contributed by atoms with E-state index in [0.717, 1.165) is 42.9 Å². The van der Waals surface area contributed by atoms with Crippen molar-refractivity contribution in [1.82, 2.24) is 0 Å². The molecular formula is C12H16ClNO2. The van der Waals surface area contributed by atoms with Crippen molar-refractivity contribution >= 4 is 11.6 Å². The first-order valence-electron chi connectivity index (χ1n) is 5.49. The van der Waals surface area contributed by atoms with E-state index < -0.39 is 0 Å². The molecule has 2 N–H and O–H groups in total. The summed E-state index contributed by atoms with van der Waals surface area (Å²) < 4.78 is 11.0. The van der Waals surface area contributed by atoms with Crippen LogP contribution in [0.4, 0.5) is 0 Å². The Bertz CT molecular complexity index is 393. The maximum Gasteiger partial charge on any atom is 0.141 e. The summed E-state index contributed by atoms with van der Waals surface area (Å²) >= 11 is 6.16. The zero-order chi connectivity index (χ0) is 11.5. The smallest absolute Gasteiger partial charge is 0.141 e. The van der Waals surface area contributed by atoms with E-state index in [9.17, 15) is 0 Å². The molecule has 0 aliphatic carbocycles. The number of methoxy groups -OCH3 is 1. The number of benzene rings is 1. The van der Waals surface area contributed by atoms with Crippen LogP contribution >= 0.6 is 11.6 Å². The highest BCUT2D eigenvalue weighted by molar-refractivity contribution is 6.32. The Morgan fingerprint density at radius 1 is 1.56 bits per heavy atom. The Hall–Kier alpha value is -0.930. The Labute approximate surface area is 100 Å². The van der Waals surface area contributed by atoms with Crippen molar-refractivity contribution in [2.45, 2.75) is 19.3 Å². The third-order valence-electron chi connectivity index (χ3n) is 2.84. The lowest BCUT2D eigenvalue weighted by atomic mass is 9.96. The maximum atomic E-state index is 6.16. The molecule has 0 atom stereocenters. The van der Waals surface area contributed by atoms with Crippen LogP contribution in [-0.4, -0.2) is 20.3 Å². The van der Waals surface area contributed by atoms with Gasteiger partial charge in [0.15, 0.2) is 0 Å². The second-order valence-electron chi connectivity index (χ2n) is 3.84. The highest BCUT2D eigenvalue weighted by Gasteiger charge is 2.21. The van der Waals surface area contributed by atoms with Gasteiger partial charge in [-0.05, 0) is 25.8 Å². The molecule has 0 fully saturated rings. The lowest BCUT2D eigenvalue weighted by Gasteiger charge is -2.23. The van der Waals surface area contributed by atoms with E-state index in [4.69, 9.17) is 26.8 Å². The number of rotatable bonds is 3. The minimum absolute atomic E-state index is 0.602. The van der Waals surface area contributed by atoms with Gasteiger partial charge < -0.3 is 15.2 Å². The topological polar surface area (TPSA) is 44.5 Å². The molecular weight excluding hydrogens is 226 g/mol. The molecule has 0 bridgehead atoms. The van der Waals surface area contributed by atoms with Gasteiger partial charge in [0.1, 0.15) is 11.5 Å². The van der Waals surface area contributed by atoms with Crippen LogP contribution in [0.3, 0.4) is 0 Å².